The predicted octanol–water partition coefficient (Wildman–Crippen LogP) is 6.58. The lowest BCUT2D eigenvalue weighted by molar-refractivity contribution is -0.169. The van der Waals surface area contributed by atoms with E-state index in [1.807, 2.05) is 0 Å². The van der Waals surface area contributed by atoms with Gasteiger partial charge in [0.1, 0.15) is 5.70 Å². The number of anilines is 1. The maximum Gasteiger partial charge on any atom is 0.422 e. The highest BCUT2D eigenvalue weighted by molar-refractivity contribution is 6.36. The molecule has 5 nitrogen and oxygen atoms in total. The van der Waals surface area contributed by atoms with E-state index in [1.165, 1.54) is 11.1 Å². The molecule has 2 aromatic carbocycles. The molecule has 2 aromatic rings. The molecule has 0 saturated heterocycles. The monoisotopic (exact) mass is 522 g/mol. The highest BCUT2D eigenvalue weighted by Gasteiger charge is 2.47. The van der Waals surface area contributed by atoms with E-state index in [1.54, 1.807) is 55.3 Å². The molecule has 1 atom stereocenters. The molecule has 0 aromatic heterocycles. The molecule has 0 saturated carbocycles. The smallest absolute Gasteiger partial charge is 0.422 e. The molecule has 1 unspecified atom stereocenters. The molecule has 0 aliphatic carbocycles. The first kappa shape index (κ1) is 25.5. The van der Waals surface area contributed by atoms with E-state index in [0.717, 1.165) is 0 Å². The molecule has 0 amide bonds. The maximum absolute atomic E-state index is 13.1. The lowest BCUT2D eigenvalue weighted by Gasteiger charge is -2.34. The zero-order chi connectivity index (χ0) is 24.3. The number of benzene rings is 2. The molecule has 1 aliphatic heterocycles. The molecule has 178 valence electrons. The molecule has 3 rings (SSSR count). The largest absolute Gasteiger partial charge is 0.484 e. The van der Waals surface area contributed by atoms with Crippen molar-refractivity contribution in [2.24, 2.45) is 0 Å². The number of rotatable bonds is 7. The Morgan fingerprint density at radius 3 is 2.21 bits per heavy atom. The summed E-state index contributed by atoms with van der Waals surface area (Å²) in [5, 5.41) is 4.11. The van der Waals surface area contributed by atoms with Crippen LogP contribution in [0.25, 0.3) is 5.70 Å². The predicted molar refractivity (Wildman–Crippen MR) is 122 cm³/mol. The van der Waals surface area contributed by atoms with Crippen LogP contribution in [0.4, 0.5) is 18.9 Å². The van der Waals surface area contributed by atoms with Crippen molar-refractivity contribution in [2.45, 2.75) is 26.1 Å². The van der Waals surface area contributed by atoms with Crippen molar-refractivity contribution in [3.63, 3.8) is 0 Å². The zero-order valence-corrected chi connectivity index (χ0v) is 19.9. The van der Waals surface area contributed by atoms with Crippen LogP contribution in [-0.2, 0) is 14.3 Å². The molecule has 0 radical (unpaired) electrons. The Hall–Kier alpha value is -2.13. The Labute approximate surface area is 204 Å². The summed E-state index contributed by atoms with van der Waals surface area (Å²) in [4.78, 5) is 12.9. The number of carbonyl (C=O) groups is 1. The van der Waals surface area contributed by atoms with Gasteiger partial charge in [-0.15, -0.1) is 0 Å². The maximum atomic E-state index is 13.1. The van der Waals surface area contributed by atoms with Crippen LogP contribution in [0.5, 0.6) is 0 Å². The molecular weight excluding hydrogens is 504 g/mol. The summed E-state index contributed by atoms with van der Waals surface area (Å²) in [5.74, 6) is -0.962. The second kappa shape index (κ2) is 10.4. The number of esters is 1. The second-order valence-corrected chi connectivity index (χ2v) is 8.22. The van der Waals surface area contributed by atoms with E-state index in [-0.39, 0.29) is 29.6 Å². The number of halogens is 6. The normalized spacial score (nSPS) is 17.0. The van der Waals surface area contributed by atoms with Gasteiger partial charge in [-0.25, -0.2) is 4.79 Å². The van der Waals surface area contributed by atoms with Crippen molar-refractivity contribution in [1.29, 1.82) is 0 Å². The van der Waals surface area contributed by atoms with E-state index in [4.69, 9.17) is 44.3 Å². The van der Waals surface area contributed by atoms with Gasteiger partial charge in [0.25, 0.3) is 0 Å². The molecule has 1 heterocycles. The molecule has 0 fully saturated rings. The minimum absolute atomic E-state index is 0.0391. The fourth-order valence-electron chi connectivity index (χ4n) is 3.48. The summed E-state index contributed by atoms with van der Waals surface area (Å²) in [6.07, 6.45) is -4.63. The van der Waals surface area contributed by atoms with Gasteiger partial charge in [-0.05, 0) is 37.3 Å². The average molecular weight is 524 g/mol. The summed E-state index contributed by atoms with van der Waals surface area (Å²) in [6.45, 7) is 2.02. The molecule has 11 heteroatoms. The zero-order valence-electron chi connectivity index (χ0n) is 17.6. The van der Waals surface area contributed by atoms with Gasteiger partial charge < -0.3 is 9.47 Å². The van der Waals surface area contributed by atoms with E-state index in [0.29, 0.717) is 21.3 Å². The van der Waals surface area contributed by atoms with Gasteiger partial charge in [-0.1, -0.05) is 53.9 Å². The highest BCUT2D eigenvalue weighted by atomic mass is 35.5. The van der Waals surface area contributed by atoms with E-state index < -0.39 is 24.8 Å². The van der Waals surface area contributed by atoms with Crippen LogP contribution < -0.4 is 5.01 Å². The van der Waals surface area contributed by atoms with Gasteiger partial charge >= 0.3 is 12.1 Å². The number of nitrogens with zero attached hydrogens (tertiary/aromatic N) is 2. The first-order valence-electron chi connectivity index (χ1n) is 9.95. The van der Waals surface area contributed by atoms with Crippen LogP contribution in [-0.4, -0.2) is 43.0 Å². The Bertz CT molecular complexity index is 1050. The summed E-state index contributed by atoms with van der Waals surface area (Å²) >= 11 is 18.5. The van der Waals surface area contributed by atoms with Crippen molar-refractivity contribution in [2.75, 3.05) is 24.8 Å². The number of ether oxygens (including phenoxy) is 2. The van der Waals surface area contributed by atoms with Crippen LogP contribution in [0.2, 0.25) is 15.1 Å². The summed E-state index contributed by atoms with van der Waals surface area (Å²) in [7, 11) is 0. The lowest BCUT2D eigenvalue weighted by atomic mass is 10.1. The first-order valence-corrected chi connectivity index (χ1v) is 11.1. The van der Waals surface area contributed by atoms with Crippen LogP contribution in [0.3, 0.4) is 0 Å². The Morgan fingerprint density at radius 2 is 1.67 bits per heavy atom. The second-order valence-electron chi connectivity index (χ2n) is 6.94. The quantitative estimate of drug-likeness (QED) is 0.383. The van der Waals surface area contributed by atoms with Crippen LogP contribution in [0, 0.1) is 0 Å². The van der Waals surface area contributed by atoms with Crippen molar-refractivity contribution < 1.29 is 27.4 Å². The highest BCUT2D eigenvalue weighted by Crippen LogP contribution is 2.44. The minimum Gasteiger partial charge on any atom is -0.484 e. The van der Waals surface area contributed by atoms with E-state index >= 15 is 0 Å². The number of carbonyl (C=O) groups excluding carboxylic acids is 1. The topological polar surface area (TPSA) is 42.0 Å². The van der Waals surface area contributed by atoms with Gasteiger partial charge in [-0.2, -0.15) is 18.2 Å². The SMILES string of the molecule is CCOC(=O)C1C(OCC(F)(F)F)=C(c2ccc(Cl)cc2)N(c2ccc(Cl)cc2Cl)N1CC. The molecule has 0 spiro atoms. The number of hydrogen-bond donors (Lipinski definition) is 0. The van der Waals surface area contributed by atoms with Gasteiger partial charge in [0, 0.05) is 22.2 Å². The third kappa shape index (κ3) is 5.69. The summed E-state index contributed by atoms with van der Waals surface area (Å²) < 4.78 is 49.8. The number of alkyl halides is 3. The number of likely N-dealkylation sites (N-methyl/N-ethyl adjacent to an activating group) is 1. The number of hydrazine groups is 1. The molecule has 0 bridgehead atoms. The molecule has 33 heavy (non-hydrogen) atoms. The van der Waals surface area contributed by atoms with Crippen LogP contribution >= 0.6 is 34.8 Å². The van der Waals surface area contributed by atoms with Crippen LogP contribution in [0.1, 0.15) is 19.4 Å². The fraction of sp³-hybridized carbons (Fsp3) is 0.318. The molecule has 1 aliphatic rings. The van der Waals surface area contributed by atoms with Gasteiger partial charge in [0.05, 0.1) is 17.3 Å². The van der Waals surface area contributed by atoms with Crippen molar-refractivity contribution in [1.82, 2.24) is 5.01 Å². The van der Waals surface area contributed by atoms with Gasteiger partial charge in [0.2, 0.25) is 0 Å². The summed E-state index contributed by atoms with van der Waals surface area (Å²) in [6, 6.07) is 9.83. The fourth-order valence-corrected chi connectivity index (χ4v) is 4.09. The van der Waals surface area contributed by atoms with Crippen molar-refractivity contribution >= 4 is 52.2 Å². The minimum atomic E-state index is -4.63. The third-order valence-corrected chi connectivity index (χ3v) is 5.52. The Morgan fingerprint density at radius 1 is 1.03 bits per heavy atom. The van der Waals surface area contributed by atoms with Gasteiger partial charge in [0.15, 0.2) is 18.4 Å². The van der Waals surface area contributed by atoms with Crippen LogP contribution in [0.15, 0.2) is 48.2 Å². The standard InChI is InChI=1S/C22H20Cl3F3N2O3/c1-3-29-19(21(31)32-4-2)20(33-12-22(26,27)28)18(13-5-7-14(23)8-6-13)30(29)17-10-9-15(24)11-16(17)25/h5-11,19H,3-4,12H2,1-2H3. The van der Waals surface area contributed by atoms with Crippen molar-refractivity contribution in [3.8, 4) is 0 Å². The summed E-state index contributed by atoms with van der Waals surface area (Å²) in [5.41, 5.74) is 1.07. The molecular formula is C22H20Cl3F3N2O3. The Balaban J connectivity index is 2.28. The van der Waals surface area contributed by atoms with E-state index in [9.17, 15) is 18.0 Å². The average Bonchev–Trinajstić information content (AvgIpc) is 3.06. The van der Waals surface area contributed by atoms with E-state index in [2.05, 4.69) is 0 Å². The lowest BCUT2D eigenvalue weighted by Crippen LogP contribution is -2.47. The third-order valence-electron chi connectivity index (χ3n) is 4.73. The van der Waals surface area contributed by atoms with Crippen molar-refractivity contribution in [3.05, 3.63) is 68.9 Å². The van der Waals surface area contributed by atoms with Gasteiger partial charge in [-0.3, -0.25) is 5.01 Å². The molecule has 0 N–H and O–H groups in total. The first-order chi connectivity index (χ1) is 15.6. The Kier molecular flexibility index (Phi) is 8.05. The number of hydrogen-bond acceptors (Lipinski definition) is 5.